The average molecular weight is 218 g/mol. The van der Waals surface area contributed by atoms with Crippen LogP contribution in [0, 0.1) is 0 Å². The molecule has 0 fully saturated rings. The highest BCUT2D eigenvalue weighted by atomic mass is 16.5. The van der Waals surface area contributed by atoms with Crippen molar-refractivity contribution in [1.29, 1.82) is 0 Å². The molecule has 0 saturated carbocycles. The zero-order valence-electron chi connectivity index (χ0n) is 9.13. The van der Waals surface area contributed by atoms with Crippen molar-refractivity contribution in [3.8, 4) is 11.3 Å². The Morgan fingerprint density at radius 3 is 2.94 bits per heavy atom. The lowest BCUT2D eigenvalue weighted by molar-refractivity contribution is 0.183. The number of nitrogen functional groups attached to an aromatic ring is 1. The van der Waals surface area contributed by atoms with Crippen molar-refractivity contribution < 1.29 is 4.74 Å². The fourth-order valence-electron chi connectivity index (χ4n) is 1.45. The van der Waals surface area contributed by atoms with Crippen molar-refractivity contribution in [3.63, 3.8) is 0 Å². The third kappa shape index (κ3) is 2.20. The molecule has 0 spiro atoms. The largest absolute Gasteiger partial charge is 0.398 e. The predicted molar refractivity (Wildman–Crippen MR) is 61.7 cm³/mol. The number of ether oxygens (including phenoxy) is 1. The Kier molecular flexibility index (Phi) is 3.16. The van der Waals surface area contributed by atoms with Crippen molar-refractivity contribution in [1.82, 2.24) is 15.0 Å². The molecule has 1 aromatic heterocycles. The molecule has 5 nitrogen and oxygen atoms in total. The van der Waals surface area contributed by atoms with Crippen molar-refractivity contribution in [2.24, 2.45) is 0 Å². The van der Waals surface area contributed by atoms with E-state index in [9.17, 15) is 0 Å². The van der Waals surface area contributed by atoms with Gasteiger partial charge < -0.3 is 10.5 Å². The number of rotatable bonds is 4. The molecule has 0 saturated heterocycles. The molecule has 5 heteroatoms. The molecule has 0 bridgehead atoms. The van der Waals surface area contributed by atoms with E-state index in [2.05, 4.69) is 10.3 Å². The Labute approximate surface area is 93.8 Å². The maximum absolute atomic E-state index is 5.86. The fourth-order valence-corrected chi connectivity index (χ4v) is 1.45. The fraction of sp³-hybridized carbons (Fsp3) is 0.273. The van der Waals surface area contributed by atoms with E-state index in [0.29, 0.717) is 18.8 Å². The Morgan fingerprint density at radius 1 is 1.38 bits per heavy atom. The van der Waals surface area contributed by atoms with Gasteiger partial charge in [-0.15, -0.1) is 5.10 Å². The van der Waals surface area contributed by atoms with Gasteiger partial charge in [0.1, 0.15) is 5.69 Å². The third-order valence-corrected chi connectivity index (χ3v) is 2.30. The zero-order valence-corrected chi connectivity index (χ0v) is 9.13. The van der Waals surface area contributed by atoms with Crippen LogP contribution in [-0.4, -0.2) is 28.7 Å². The van der Waals surface area contributed by atoms with Crippen LogP contribution in [-0.2, 0) is 11.3 Å². The Balaban J connectivity index is 2.22. The lowest BCUT2D eigenvalue weighted by atomic mass is 10.1. The van der Waals surface area contributed by atoms with E-state index in [-0.39, 0.29) is 0 Å². The van der Waals surface area contributed by atoms with Crippen LogP contribution in [0.25, 0.3) is 11.3 Å². The minimum atomic E-state index is 0.618. The molecule has 2 N–H and O–H groups in total. The van der Waals surface area contributed by atoms with E-state index in [4.69, 9.17) is 10.5 Å². The number of methoxy groups -OCH3 is 1. The summed E-state index contributed by atoms with van der Waals surface area (Å²) in [5.41, 5.74) is 8.26. The molecule has 16 heavy (non-hydrogen) atoms. The van der Waals surface area contributed by atoms with Gasteiger partial charge in [0.25, 0.3) is 0 Å². The molecule has 0 aliphatic heterocycles. The minimum Gasteiger partial charge on any atom is -0.398 e. The van der Waals surface area contributed by atoms with Crippen LogP contribution in [0.5, 0.6) is 0 Å². The summed E-state index contributed by atoms with van der Waals surface area (Å²) >= 11 is 0. The summed E-state index contributed by atoms with van der Waals surface area (Å²) in [6.07, 6.45) is 1.87. The van der Waals surface area contributed by atoms with E-state index in [1.54, 1.807) is 11.8 Å². The van der Waals surface area contributed by atoms with E-state index in [1.165, 1.54) is 0 Å². The SMILES string of the molecule is COCCn1cc(-c2ccccc2N)nn1. The highest BCUT2D eigenvalue weighted by molar-refractivity contribution is 5.72. The molecule has 1 heterocycles. The molecule has 2 rings (SSSR count). The molecule has 0 unspecified atom stereocenters. The van der Waals surface area contributed by atoms with Gasteiger partial charge in [-0.3, -0.25) is 0 Å². The van der Waals surface area contributed by atoms with Gasteiger partial charge in [-0.2, -0.15) is 0 Å². The van der Waals surface area contributed by atoms with Gasteiger partial charge in [-0.25, -0.2) is 4.68 Å². The number of aromatic nitrogens is 3. The summed E-state index contributed by atoms with van der Waals surface area (Å²) in [5, 5.41) is 8.08. The monoisotopic (exact) mass is 218 g/mol. The van der Waals surface area contributed by atoms with E-state index in [1.807, 2.05) is 30.5 Å². The number of nitrogens with two attached hydrogens (primary N) is 1. The minimum absolute atomic E-state index is 0.618. The molecule has 84 valence electrons. The summed E-state index contributed by atoms with van der Waals surface area (Å²) in [7, 11) is 1.66. The van der Waals surface area contributed by atoms with Crippen molar-refractivity contribution >= 4 is 5.69 Å². The second-order valence-electron chi connectivity index (χ2n) is 3.45. The van der Waals surface area contributed by atoms with Crippen molar-refractivity contribution in [3.05, 3.63) is 30.5 Å². The Bertz CT molecular complexity index is 467. The number of hydrogen-bond donors (Lipinski definition) is 1. The first-order valence-electron chi connectivity index (χ1n) is 5.05. The molecule has 0 atom stereocenters. The third-order valence-electron chi connectivity index (χ3n) is 2.30. The molecular weight excluding hydrogens is 204 g/mol. The average Bonchev–Trinajstić information content (AvgIpc) is 2.75. The van der Waals surface area contributed by atoms with Gasteiger partial charge >= 0.3 is 0 Å². The number of para-hydroxylation sites is 1. The topological polar surface area (TPSA) is 66.0 Å². The first-order valence-corrected chi connectivity index (χ1v) is 5.05. The normalized spacial score (nSPS) is 10.6. The zero-order chi connectivity index (χ0) is 11.4. The second-order valence-corrected chi connectivity index (χ2v) is 3.45. The van der Waals surface area contributed by atoms with Crippen LogP contribution < -0.4 is 5.73 Å². The second kappa shape index (κ2) is 4.76. The van der Waals surface area contributed by atoms with Crippen LogP contribution in [0.1, 0.15) is 0 Å². The number of hydrogen-bond acceptors (Lipinski definition) is 4. The number of nitrogens with zero attached hydrogens (tertiary/aromatic N) is 3. The molecule has 0 amide bonds. The maximum atomic E-state index is 5.86. The van der Waals surface area contributed by atoms with Gasteiger partial charge in [-0.1, -0.05) is 23.4 Å². The van der Waals surface area contributed by atoms with Crippen LogP contribution in [0.4, 0.5) is 5.69 Å². The first-order chi connectivity index (χ1) is 7.81. The molecular formula is C11H14N4O. The standard InChI is InChI=1S/C11H14N4O/c1-16-7-6-15-8-11(13-14-15)9-4-2-3-5-10(9)12/h2-5,8H,6-7,12H2,1H3. The highest BCUT2D eigenvalue weighted by Crippen LogP contribution is 2.22. The summed E-state index contributed by atoms with van der Waals surface area (Å²) in [6.45, 7) is 1.31. The summed E-state index contributed by atoms with van der Waals surface area (Å²) < 4.78 is 6.71. The Hall–Kier alpha value is -1.88. The van der Waals surface area contributed by atoms with Gasteiger partial charge in [0.15, 0.2) is 0 Å². The van der Waals surface area contributed by atoms with E-state index >= 15 is 0 Å². The molecule has 0 aliphatic carbocycles. The quantitative estimate of drug-likeness (QED) is 0.782. The van der Waals surface area contributed by atoms with Gasteiger partial charge in [0.2, 0.25) is 0 Å². The van der Waals surface area contributed by atoms with E-state index < -0.39 is 0 Å². The number of benzene rings is 1. The smallest absolute Gasteiger partial charge is 0.115 e. The van der Waals surface area contributed by atoms with Gasteiger partial charge in [-0.05, 0) is 6.07 Å². The molecule has 0 radical (unpaired) electrons. The van der Waals surface area contributed by atoms with Crippen LogP contribution >= 0.6 is 0 Å². The number of anilines is 1. The molecule has 0 aliphatic rings. The summed E-state index contributed by atoms with van der Waals surface area (Å²) in [4.78, 5) is 0. The molecule has 1 aromatic carbocycles. The lowest BCUT2D eigenvalue weighted by Gasteiger charge is -2.00. The van der Waals surface area contributed by atoms with Crippen LogP contribution in [0.15, 0.2) is 30.5 Å². The summed E-state index contributed by atoms with van der Waals surface area (Å²) in [5.74, 6) is 0. The molecule has 2 aromatic rings. The lowest BCUT2D eigenvalue weighted by Crippen LogP contribution is -2.04. The van der Waals surface area contributed by atoms with Crippen molar-refractivity contribution in [2.45, 2.75) is 6.54 Å². The maximum Gasteiger partial charge on any atom is 0.115 e. The highest BCUT2D eigenvalue weighted by Gasteiger charge is 2.06. The summed E-state index contributed by atoms with van der Waals surface area (Å²) in [6, 6.07) is 7.61. The van der Waals surface area contributed by atoms with Gasteiger partial charge in [0, 0.05) is 18.4 Å². The van der Waals surface area contributed by atoms with E-state index in [0.717, 1.165) is 11.3 Å². The van der Waals surface area contributed by atoms with Crippen LogP contribution in [0.2, 0.25) is 0 Å². The first kappa shape index (κ1) is 10.6. The van der Waals surface area contributed by atoms with Crippen molar-refractivity contribution in [2.75, 3.05) is 19.5 Å². The van der Waals surface area contributed by atoms with Crippen LogP contribution in [0.3, 0.4) is 0 Å². The Morgan fingerprint density at radius 2 is 2.19 bits per heavy atom. The van der Waals surface area contributed by atoms with Gasteiger partial charge in [0.05, 0.1) is 19.3 Å². The predicted octanol–water partition coefficient (Wildman–Crippen LogP) is 1.17.